The molecule has 70 valence electrons. The van der Waals surface area contributed by atoms with Gasteiger partial charge >= 0.3 is 5.97 Å². The lowest BCUT2D eigenvalue weighted by molar-refractivity contribution is -0.143. The lowest BCUT2D eigenvalue weighted by atomic mass is 10.1. The lowest BCUT2D eigenvalue weighted by Crippen LogP contribution is -2.34. The molecule has 1 fully saturated rings. The minimum absolute atomic E-state index is 0.152. The van der Waals surface area contributed by atoms with Crippen molar-refractivity contribution < 1.29 is 14.3 Å². The highest BCUT2D eigenvalue weighted by Gasteiger charge is 2.22. The van der Waals surface area contributed by atoms with Crippen LogP contribution in [0, 0.1) is 0 Å². The number of carbonyl (C=O) groups excluding carboxylic acids is 1. The second-order valence-corrected chi connectivity index (χ2v) is 3.00. The van der Waals surface area contributed by atoms with Crippen molar-refractivity contribution >= 4 is 5.97 Å². The fourth-order valence-corrected chi connectivity index (χ4v) is 1.36. The molecule has 0 aliphatic carbocycles. The molecule has 0 bridgehead atoms. The lowest BCUT2D eigenvalue weighted by Gasteiger charge is -2.13. The zero-order chi connectivity index (χ0) is 8.97. The Bertz CT molecular complexity index is 154. The van der Waals surface area contributed by atoms with Gasteiger partial charge in [-0.3, -0.25) is 4.79 Å². The molecule has 4 heteroatoms. The number of hydrogen-bond donors (Lipinski definition) is 1. The molecular weight excluding hydrogens is 158 g/mol. The summed E-state index contributed by atoms with van der Waals surface area (Å²) in [6, 6.07) is -0.530. The Labute approximate surface area is 72.0 Å². The van der Waals surface area contributed by atoms with Gasteiger partial charge in [-0.2, -0.15) is 0 Å². The Morgan fingerprint density at radius 2 is 2.58 bits per heavy atom. The first-order valence-electron chi connectivity index (χ1n) is 4.19. The van der Waals surface area contributed by atoms with Gasteiger partial charge in [0.05, 0.1) is 13.2 Å². The van der Waals surface area contributed by atoms with Crippen LogP contribution >= 0.6 is 0 Å². The Hall–Kier alpha value is -0.610. The maximum absolute atomic E-state index is 10.9. The quantitative estimate of drug-likeness (QED) is 0.613. The standard InChI is InChI=1S/C8H15NO3/c1-11-8(10)7(9)5-6-3-2-4-12-6/h6-7H,2-5,9H2,1H3/t6-,7-/m1/s1. The van der Waals surface area contributed by atoms with Crippen molar-refractivity contribution in [3.8, 4) is 0 Å². The fraction of sp³-hybridized carbons (Fsp3) is 0.875. The van der Waals surface area contributed by atoms with Crippen molar-refractivity contribution in [3.05, 3.63) is 0 Å². The molecule has 1 rings (SSSR count). The number of hydrogen-bond acceptors (Lipinski definition) is 4. The van der Waals surface area contributed by atoms with Gasteiger partial charge in [0, 0.05) is 6.61 Å². The summed E-state index contributed by atoms with van der Waals surface area (Å²) in [5.74, 6) is -0.356. The molecule has 0 aromatic heterocycles. The number of carbonyl (C=O) groups is 1. The van der Waals surface area contributed by atoms with Gasteiger partial charge in [-0.05, 0) is 19.3 Å². The van der Waals surface area contributed by atoms with Gasteiger partial charge in [0.2, 0.25) is 0 Å². The normalized spacial score (nSPS) is 25.3. The molecule has 0 spiro atoms. The minimum Gasteiger partial charge on any atom is -0.468 e. The molecule has 1 aliphatic heterocycles. The van der Waals surface area contributed by atoms with Crippen LogP contribution in [0.25, 0.3) is 0 Å². The van der Waals surface area contributed by atoms with Gasteiger partial charge in [-0.1, -0.05) is 0 Å². The maximum atomic E-state index is 10.9. The van der Waals surface area contributed by atoms with Crippen LogP contribution in [0.15, 0.2) is 0 Å². The predicted octanol–water partition coefficient (Wildman–Crippen LogP) is 0.0558. The predicted molar refractivity (Wildman–Crippen MR) is 43.6 cm³/mol. The molecule has 0 aromatic rings. The van der Waals surface area contributed by atoms with Gasteiger partial charge in [0.1, 0.15) is 6.04 Å². The Morgan fingerprint density at radius 1 is 1.83 bits per heavy atom. The minimum atomic E-state index is -0.530. The SMILES string of the molecule is COC(=O)[C@H](N)C[C@H]1CCCO1. The van der Waals surface area contributed by atoms with Gasteiger partial charge in [0.25, 0.3) is 0 Å². The molecule has 0 radical (unpaired) electrons. The first kappa shape index (κ1) is 9.48. The van der Waals surface area contributed by atoms with E-state index in [1.165, 1.54) is 7.11 Å². The third kappa shape index (κ3) is 2.46. The Kier molecular flexibility index (Phi) is 3.49. The summed E-state index contributed by atoms with van der Waals surface area (Å²) in [4.78, 5) is 10.9. The van der Waals surface area contributed by atoms with Crippen molar-refractivity contribution in [2.75, 3.05) is 13.7 Å². The van der Waals surface area contributed by atoms with E-state index in [-0.39, 0.29) is 12.1 Å². The molecule has 0 amide bonds. The molecule has 0 saturated carbocycles. The highest BCUT2D eigenvalue weighted by Crippen LogP contribution is 2.16. The van der Waals surface area contributed by atoms with E-state index in [2.05, 4.69) is 4.74 Å². The molecule has 2 atom stereocenters. The van der Waals surface area contributed by atoms with E-state index in [9.17, 15) is 4.79 Å². The average Bonchev–Trinajstić information content (AvgIpc) is 2.55. The summed E-state index contributed by atoms with van der Waals surface area (Å²) in [7, 11) is 1.34. The largest absolute Gasteiger partial charge is 0.468 e. The van der Waals surface area contributed by atoms with E-state index in [4.69, 9.17) is 10.5 Å². The second kappa shape index (κ2) is 4.42. The van der Waals surface area contributed by atoms with E-state index in [0.29, 0.717) is 6.42 Å². The van der Waals surface area contributed by atoms with Crippen molar-refractivity contribution in [2.45, 2.75) is 31.4 Å². The van der Waals surface area contributed by atoms with Crippen LogP contribution in [0.1, 0.15) is 19.3 Å². The first-order chi connectivity index (χ1) is 5.74. The van der Waals surface area contributed by atoms with E-state index in [1.54, 1.807) is 0 Å². The first-order valence-corrected chi connectivity index (χ1v) is 4.19. The van der Waals surface area contributed by atoms with Crippen LogP contribution in [0.3, 0.4) is 0 Å². The number of esters is 1. The van der Waals surface area contributed by atoms with E-state index in [1.807, 2.05) is 0 Å². The monoisotopic (exact) mass is 173 g/mol. The summed E-state index contributed by atoms with van der Waals surface area (Å²) in [5, 5.41) is 0. The fourth-order valence-electron chi connectivity index (χ4n) is 1.36. The number of nitrogens with two attached hydrogens (primary N) is 1. The maximum Gasteiger partial charge on any atom is 0.322 e. The highest BCUT2D eigenvalue weighted by atomic mass is 16.5. The Balaban J connectivity index is 2.24. The smallest absolute Gasteiger partial charge is 0.322 e. The summed E-state index contributed by atoms with van der Waals surface area (Å²) in [6.07, 6.45) is 2.80. The third-order valence-corrected chi connectivity index (χ3v) is 2.04. The molecule has 1 heterocycles. The summed E-state index contributed by atoms with van der Waals surface area (Å²) in [5.41, 5.74) is 5.55. The van der Waals surface area contributed by atoms with Crippen molar-refractivity contribution in [1.82, 2.24) is 0 Å². The number of methoxy groups -OCH3 is 1. The number of ether oxygens (including phenoxy) is 2. The van der Waals surface area contributed by atoms with Crippen LogP contribution in [0.5, 0.6) is 0 Å². The van der Waals surface area contributed by atoms with Crippen LogP contribution in [0.4, 0.5) is 0 Å². The molecule has 2 N–H and O–H groups in total. The van der Waals surface area contributed by atoms with Crippen LogP contribution in [-0.4, -0.2) is 31.8 Å². The topological polar surface area (TPSA) is 61.5 Å². The van der Waals surface area contributed by atoms with E-state index < -0.39 is 6.04 Å². The average molecular weight is 173 g/mol. The van der Waals surface area contributed by atoms with Crippen molar-refractivity contribution in [3.63, 3.8) is 0 Å². The van der Waals surface area contributed by atoms with Gasteiger partial charge in [-0.15, -0.1) is 0 Å². The van der Waals surface area contributed by atoms with Crippen molar-refractivity contribution in [2.24, 2.45) is 5.73 Å². The van der Waals surface area contributed by atoms with Crippen LogP contribution in [-0.2, 0) is 14.3 Å². The van der Waals surface area contributed by atoms with E-state index in [0.717, 1.165) is 19.4 Å². The molecular formula is C8H15NO3. The number of rotatable bonds is 3. The van der Waals surface area contributed by atoms with Crippen molar-refractivity contribution in [1.29, 1.82) is 0 Å². The van der Waals surface area contributed by atoms with Gasteiger partial charge < -0.3 is 15.2 Å². The molecule has 12 heavy (non-hydrogen) atoms. The Morgan fingerprint density at radius 3 is 3.08 bits per heavy atom. The molecule has 1 saturated heterocycles. The molecule has 1 aliphatic rings. The van der Waals surface area contributed by atoms with Gasteiger partial charge in [-0.25, -0.2) is 0 Å². The van der Waals surface area contributed by atoms with Crippen LogP contribution in [0.2, 0.25) is 0 Å². The zero-order valence-corrected chi connectivity index (χ0v) is 7.29. The van der Waals surface area contributed by atoms with Gasteiger partial charge in [0.15, 0.2) is 0 Å². The summed E-state index contributed by atoms with van der Waals surface area (Å²) < 4.78 is 9.83. The van der Waals surface area contributed by atoms with E-state index >= 15 is 0 Å². The zero-order valence-electron chi connectivity index (χ0n) is 7.29. The van der Waals surface area contributed by atoms with Crippen LogP contribution < -0.4 is 5.73 Å². The molecule has 4 nitrogen and oxygen atoms in total. The molecule has 0 aromatic carbocycles. The summed E-state index contributed by atoms with van der Waals surface area (Å²) in [6.45, 7) is 0.790. The second-order valence-electron chi connectivity index (χ2n) is 3.00. The molecule has 0 unspecified atom stereocenters. The third-order valence-electron chi connectivity index (χ3n) is 2.04. The highest BCUT2D eigenvalue weighted by molar-refractivity contribution is 5.75. The summed E-state index contributed by atoms with van der Waals surface area (Å²) >= 11 is 0.